The van der Waals surface area contributed by atoms with E-state index < -0.39 is 16.1 Å². The summed E-state index contributed by atoms with van der Waals surface area (Å²) >= 11 is 0. The molecule has 1 fully saturated rings. The zero-order valence-corrected chi connectivity index (χ0v) is 16.2. The second-order valence-electron chi connectivity index (χ2n) is 6.73. The van der Waals surface area contributed by atoms with Gasteiger partial charge in [-0.2, -0.15) is 4.31 Å². The van der Waals surface area contributed by atoms with Gasteiger partial charge in [0.25, 0.3) is 5.91 Å². The highest BCUT2D eigenvalue weighted by Gasteiger charge is 2.31. The van der Waals surface area contributed by atoms with E-state index >= 15 is 0 Å². The topological polar surface area (TPSA) is 79.0 Å². The van der Waals surface area contributed by atoms with Crippen molar-refractivity contribution in [2.75, 3.05) is 38.0 Å². The largest absolute Gasteiger partial charge is 0.478 e. The van der Waals surface area contributed by atoms with Crippen LogP contribution >= 0.6 is 0 Å². The molecular weight excluding hydrogens is 354 g/mol. The number of likely N-dealkylation sites (N-methyl/N-ethyl adjacent to an activating group) is 1. The molecule has 1 saturated heterocycles. The van der Waals surface area contributed by atoms with E-state index in [-0.39, 0.29) is 10.8 Å². The van der Waals surface area contributed by atoms with E-state index in [1.54, 1.807) is 12.1 Å². The highest BCUT2D eigenvalue weighted by Crippen LogP contribution is 2.33. The number of piperazine rings is 1. The summed E-state index contributed by atoms with van der Waals surface area (Å²) in [4.78, 5) is 14.6. The normalized spacial score (nSPS) is 21.8. The smallest absolute Gasteiger partial charge is 0.265 e. The van der Waals surface area contributed by atoms with Gasteiger partial charge in [-0.05, 0) is 37.6 Å². The Kier molecular flexibility index (Phi) is 5.84. The summed E-state index contributed by atoms with van der Waals surface area (Å²) < 4.78 is 33.1. The number of amides is 1. The van der Waals surface area contributed by atoms with Crippen LogP contribution in [0.1, 0.15) is 33.1 Å². The Morgan fingerprint density at radius 3 is 2.58 bits per heavy atom. The highest BCUT2D eigenvalue weighted by molar-refractivity contribution is 7.89. The number of unbranched alkanes of at least 4 members (excludes halogenated alkanes) is 1. The number of hydrogen-bond acceptors (Lipinski definition) is 5. The molecule has 2 heterocycles. The van der Waals surface area contributed by atoms with E-state index in [0.29, 0.717) is 30.9 Å². The van der Waals surface area contributed by atoms with Crippen molar-refractivity contribution in [2.45, 2.75) is 44.1 Å². The van der Waals surface area contributed by atoms with Gasteiger partial charge >= 0.3 is 0 Å². The maximum absolute atomic E-state index is 12.9. The maximum atomic E-state index is 12.9. The monoisotopic (exact) mass is 381 g/mol. The lowest BCUT2D eigenvalue weighted by Crippen LogP contribution is -2.48. The van der Waals surface area contributed by atoms with Gasteiger partial charge in [0.05, 0.1) is 10.6 Å². The molecule has 26 heavy (non-hydrogen) atoms. The predicted octanol–water partition coefficient (Wildman–Crippen LogP) is 1.90. The van der Waals surface area contributed by atoms with Gasteiger partial charge in [0.1, 0.15) is 5.75 Å². The molecule has 144 valence electrons. The van der Waals surface area contributed by atoms with E-state index in [1.807, 2.05) is 0 Å². The number of ether oxygens (including phenoxy) is 1. The first-order valence-corrected chi connectivity index (χ1v) is 10.7. The number of nitrogens with zero attached hydrogens (tertiary/aromatic N) is 2. The second-order valence-corrected chi connectivity index (χ2v) is 8.67. The summed E-state index contributed by atoms with van der Waals surface area (Å²) in [6, 6.07) is 4.71. The Morgan fingerprint density at radius 2 is 1.92 bits per heavy atom. The predicted molar refractivity (Wildman–Crippen MR) is 99.9 cm³/mol. The third-order valence-corrected chi connectivity index (χ3v) is 6.90. The maximum Gasteiger partial charge on any atom is 0.265 e. The first kappa shape index (κ1) is 19.1. The average Bonchev–Trinajstić information content (AvgIpc) is 2.66. The lowest BCUT2D eigenvalue weighted by Gasteiger charge is -2.33. The molecule has 3 rings (SSSR count). The van der Waals surface area contributed by atoms with Crippen LogP contribution in [-0.4, -0.2) is 62.4 Å². The summed E-state index contributed by atoms with van der Waals surface area (Å²) in [6.07, 6.45) is 2.04. The van der Waals surface area contributed by atoms with Gasteiger partial charge in [-0.15, -0.1) is 0 Å². The van der Waals surface area contributed by atoms with Crippen LogP contribution in [-0.2, 0) is 14.8 Å². The molecule has 1 atom stereocenters. The first-order valence-electron chi connectivity index (χ1n) is 9.29. The summed E-state index contributed by atoms with van der Waals surface area (Å²) in [5.41, 5.74) is 0.427. The fraction of sp³-hybridized carbons (Fsp3) is 0.611. The molecule has 1 N–H and O–H groups in total. The van der Waals surface area contributed by atoms with Gasteiger partial charge < -0.3 is 15.0 Å². The Labute approximate surface area is 155 Å². The number of hydrogen-bond donors (Lipinski definition) is 1. The van der Waals surface area contributed by atoms with Crippen LogP contribution < -0.4 is 10.1 Å². The molecule has 0 aromatic heterocycles. The van der Waals surface area contributed by atoms with Gasteiger partial charge in [-0.3, -0.25) is 4.79 Å². The van der Waals surface area contributed by atoms with Crippen LogP contribution in [0.3, 0.4) is 0 Å². The molecule has 0 radical (unpaired) electrons. The SMILES string of the molecule is CCCC[C@H]1Oc2ccc(S(=O)(=O)N3CCN(CC)CC3)cc2NC1=O. The molecule has 0 aliphatic carbocycles. The molecule has 2 aliphatic rings. The number of benzene rings is 1. The van der Waals surface area contributed by atoms with Crippen LogP contribution in [0.15, 0.2) is 23.1 Å². The molecule has 0 spiro atoms. The number of carbonyl (C=O) groups excluding carboxylic acids is 1. The lowest BCUT2D eigenvalue weighted by molar-refractivity contribution is -0.123. The minimum absolute atomic E-state index is 0.192. The van der Waals surface area contributed by atoms with Gasteiger partial charge in [0, 0.05) is 26.2 Å². The van der Waals surface area contributed by atoms with Gasteiger partial charge in [-0.25, -0.2) is 8.42 Å². The molecule has 1 aromatic carbocycles. The number of rotatable bonds is 6. The van der Waals surface area contributed by atoms with Crippen LogP contribution in [0.4, 0.5) is 5.69 Å². The van der Waals surface area contributed by atoms with Crippen molar-refractivity contribution >= 4 is 21.6 Å². The quantitative estimate of drug-likeness (QED) is 0.814. The van der Waals surface area contributed by atoms with Gasteiger partial charge in [-0.1, -0.05) is 20.3 Å². The summed E-state index contributed by atoms with van der Waals surface area (Å²) in [6.45, 7) is 7.50. The third-order valence-electron chi connectivity index (χ3n) is 5.01. The molecule has 1 aromatic rings. The fourth-order valence-electron chi connectivity index (χ4n) is 3.30. The van der Waals surface area contributed by atoms with E-state index in [1.165, 1.54) is 10.4 Å². The number of carbonyl (C=O) groups is 1. The minimum atomic E-state index is -3.57. The molecule has 2 aliphatic heterocycles. The molecule has 0 saturated carbocycles. The van der Waals surface area contributed by atoms with Crippen molar-refractivity contribution in [1.82, 2.24) is 9.21 Å². The Balaban J connectivity index is 1.77. The van der Waals surface area contributed by atoms with Crippen LogP contribution in [0.5, 0.6) is 5.75 Å². The lowest BCUT2D eigenvalue weighted by atomic mass is 10.1. The molecule has 0 unspecified atom stereocenters. The van der Waals surface area contributed by atoms with Gasteiger partial charge in [0.15, 0.2) is 6.10 Å². The molecular formula is C18H27N3O4S. The first-order chi connectivity index (χ1) is 12.5. The van der Waals surface area contributed by atoms with Crippen molar-refractivity contribution in [3.05, 3.63) is 18.2 Å². The summed E-state index contributed by atoms with van der Waals surface area (Å²) in [5, 5.41) is 2.80. The zero-order chi connectivity index (χ0) is 18.7. The average molecular weight is 381 g/mol. The van der Waals surface area contributed by atoms with Crippen molar-refractivity contribution < 1.29 is 17.9 Å². The van der Waals surface area contributed by atoms with E-state index in [9.17, 15) is 13.2 Å². The Hall–Kier alpha value is -1.64. The molecule has 0 bridgehead atoms. The van der Waals surface area contributed by atoms with Crippen LogP contribution in [0.25, 0.3) is 0 Å². The van der Waals surface area contributed by atoms with E-state index in [4.69, 9.17) is 4.74 Å². The van der Waals surface area contributed by atoms with E-state index in [2.05, 4.69) is 24.1 Å². The van der Waals surface area contributed by atoms with Crippen molar-refractivity contribution in [2.24, 2.45) is 0 Å². The summed E-state index contributed by atoms with van der Waals surface area (Å²) in [5.74, 6) is 0.317. The zero-order valence-electron chi connectivity index (χ0n) is 15.4. The second kappa shape index (κ2) is 7.94. The fourth-order valence-corrected chi connectivity index (χ4v) is 4.75. The number of sulfonamides is 1. The number of fused-ring (bicyclic) bond motifs is 1. The Morgan fingerprint density at radius 1 is 1.19 bits per heavy atom. The third kappa shape index (κ3) is 3.87. The standard InChI is InChI=1S/C18H27N3O4S/c1-3-5-6-17-18(22)19-15-13-14(7-8-16(15)25-17)26(23,24)21-11-9-20(4-2)10-12-21/h7-8,13,17H,3-6,9-12H2,1-2H3,(H,19,22)/t17-/m1/s1. The van der Waals surface area contributed by atoms with E-state index in [0.717, 1.165) is 32.5 Å². The summed E-state index contributed by atoms with van der Waals surface area (Å²) in [7, 11) is -3.57. The number of nitrogens with one attached hydrogen (secondary N) is 1. The Bertz CT molecular complexity index is 758. The molecule has 8 heteroatoms. The minimum Gasteiger partial charge on any atom is -0.478 e. The molecule has 1 amide bonds. The van der Waals surface area contributed by atoms with Crippen molar-refractivity contribution in [3.63, 3.8) is 0 Å². The highest BCUT2D eigenvalue weighted by atomic mass is 32.2. The van der Waals surface area contributed by atoms with Gasteiger partial charge in [0.2, 0.25) is 10.0 Å². The number of anilines is 1. The van der Waals surface area contributed by atoms with Crippen molar-refractivity contribution in [3.8, 4) is 5.75 Å². The van der Waals surface area contributed by atoms with Crippen molar-refractivity contribution in [1.29, 1.82) is 0 Å². The van der Waals surface area contributed by atoms with Crippen LogP contribution in [0.2, 0.25) is 0 Å². The molecule has 7 nitrogen and oxygen atoms in total. The van der Waals surface area contributed by atoms with Crippen LogP contribution in [0, 0.1) is 0 Å².